The lowest BCUT2D eigenvalue weighted by Crippen LogP contribution is -2.56. The first kappa shape index (κ1) is 16.4. The molecule has 0 heterocycles. The van der Waals surface area contributed by atoms with Gasteiger partial charge in [0.25, 0.3) is 0 Å². The van der Waals surface area contributed by atoms with E-state index in [9.17, 15) is 4.79 Å². The molecule has 1 fully saturated rings. The van der Waals surface area contributed by atoms with Gasteiger partial charge in [-0.3, -0.25) is 4.79 Å². The van der Waals surface area contributed by atoms with E-state index in [1.165, 1.54) is 0 Å². The molecule has 0 spiro atoms. The first-order chi connectivity index (χ1) is 9.51. The van der Waals surface area contributed by atoms with Crippen LogP contribution < -0.4 is 0 Å². The second-order valence-electron chi connectivity index (χ2n) is 6.08. The van der Waals surface area contributed by atoms with E-state index in [4.69, 9.17) is 4.74 Å². The molecule has 2 aliphatic rings. The Bertz CT molecular complexity index is 432. The van der Waals surface area contributed by atoms with Crippen LogP contribution >= 0.6 is 31.9 Å². The SMILES string of the molecule is C=C(C)C1CC2(CBr)C(CBr)CC=CC2C(=O)C1OC. The molecule has 5 atom stereocenters. The predicted octanol–water partition coefficient (Wildman–Crippen LogP) is 4.14. The topological polar surface area (TPSA) is 26.3 Å². The monoisotopic (exact) mass is 404 g/mol. The van der Waals surface area contributed by atoms with Crippen molar-refractivity contribution in [3.8, 4) is 0 Å². The van der Waals surface area contributed by atoms with Gasteiger partial charge in [0.15, 0.2) is 5.78 Å². The zero-order chi connectivity index (χ0) is 14.9. The molecule has 0 amide bonds. The Morgan fingerprint density at radius 3 is 2.75 bits per heavy atom. The van der Waals surface area contributed by atoms with Crippen molar-refractivity contribution in [2.75, 3.05) is 17.8 Å². The Labute approximate surface area is 138 Å². The quantitative estimate of drug-likeness (QED) is 0.519. The number of hydrogen-bond donors (Lipinski definition) is 0. The standard InChI is InChI=1S/C16H22Br2O2/c1-10(2)12-7-16(9-18)11(8-17)5-4-6-13(16)14(19)15(12)20-3/h4,6,11-13,15H,1,5,7-9H2,2-3H3. The fraction of sp³-hybridized carbons (Fsp3) is 0.688. The largest absolute Gasteiger partial charge is 0.373 e. The van der Waals surface area contributed by atoms with Crippen molar-refractivity contribution in [1.29, 1.82) is 0 Å². The number of halogens is 2. The average Bonchev–Trinajstić information content (AvgIpc) is 2.46. The van der Waals surface area contributed by atoms with Crippen LogP contribution in [0.5, 0.6) is 0 Å². The molecule has 2 nitrogen and oxygen atoms in total. The summed E-state index contributed by atoms with van der Waals surface area (Å²) in [6, 6.07) is 0. The molecule has 112 valence electrons. The second kappa shape index (κ2) is 6.45. The van der Waals surface area contributed by atoms with Gasteiger partial charge in [0, 0.05) is 29.6 Å². The number of carbonyl (C=O) groups is 1. The average molecular weight is 406 g/mol. The van der Waals surface area contributed by atoms with Gasteiger partial charge in [-0.25, -0.2) is 0 Å². The van der Waals surface area contributed by atoms with Crippen LogP contribution in [-0.2, 0) is 9.53 Å². The molecule has 0 aromatic rings. The third-order valence-corrected chi connectivity index (χ3v) is 6.88. The summed E-state index contributed by atoms with van der Waals surface area (Å²) in [4.78, 5) is 12.9. The minimum absolute atomic E-state index is 0.0199. The number of carbonyl (C=O) groups excluding carboxylic acids is 1. The lowest BCUT2D eigenvalue weighted by Gasteiger charge is -2.52. The maximum atomic E-state index is 12.9. The van der Waals surface area contributed by atoms with Crippen LogP contribution in [0.3, 0.4) is 0 Å². The van der Waals surface area contributed by atoms with Crippen molar-refractivity contribution in [1.82, 2.24) is 0 Å². The van der Waals surface area contributed by atoms with Crippen LogP contribution in [0.15, 0.2) is 24.3 Å². The van der Waals surface area contributed by atoms with E-state index in [0.29, 0.717) is 5.92 Å². The molecule has 0 aliphatic heterocycles. The van der Waals surface area contributed by atoms with Crippen molar-refractivity contribution >= 4 is 37.6 Å². The van der Waals surface area contributed by atoms with E-state index in [1.54, 1.807) is 7.11 Å². The summed E-state index contributed by atoms with van der Waals surface area (Å²) in [5.41, 5.74) is 1.03. The molecule has 0 N–H and O–H groups in total. The highest BCUT2D eigenvalue weighted by molar-refractivity contribution is 9.09. The lowest BCUT2D eigenvalue weighted by molar-refractivity contribution is -0.147. The number of ether oxygens (including phenoxy) is 1. The van der Waals surface area contributed by atoms with Crippen molar-refractivity contribution in [2.45, 2.75) is 25.9 Å². The summed E-state index contributed by atoms with van der Waals surface area (Å²) >= 11 is 7.33. The smallest absolute Gasteiger partial charge is 0.169 e. The number of methoxy groups -OCH3 is 1. The Kier molecular flexibility index (Phi) is 5.30. The molecule has 2 rings (SSSR count). The van der Waals surface area contributed by atoms with Crippen molar-refractivity contribution in [2.24, 2.45) is 23.2 Å². The van der Waals surface area contributed by atoms with E-state index < -0.39 is 0 Å². The predicted molar refractivity (Wildman–Crippen MR) is 89.5 cm³/mol. The van der Waals surface area contributed by atoms with E-state index >= 15 is 0 Å². The summed E-state index contributed by atoms with van der Waals surface area (Å²) in [5, 5.41) is 1.77. The number of alkyl halides is 2. The lowest BCUT2D eigenvalue weighted by atomic mass is 9.54. The van der Waals surface area contributed by atoms with Crippen LogP contribution in [0.1, 0.15) is 19.8 Å². The minimum Gasteiger partial charge on any atom is -0.373 e. The van der Waals surface area contributed by atoms with Crippen LogP contribution in [0.4, 0.5) is 0 Å². The number of ketones is 1. The number of allylic oxidation sites excluding steroid dienone is 2. The highest BCUT2D eigenvalue weighted by atomic mass is 79.9. The summed E-state index contributed by atoms with van der Waals surface area (Å²) in [6.07, 6.45) is 5.90. The zero-order valence-corrected chi connectivity index (χ0v) is 15.2. The first-order valence-electron chi connectivity index (χ1n) is 7.02. The third-order valence-electron chi connectivity index (χ3n) is 5.06. The highest BCUT2D eigenvalue weighted by Gasteiger charge is 2.55. The number of fused-ring (bicyclic) bond motifs is 1. The number of rotatable bonds is 4. The van der Waals surface area contributed by atoms with Gasteiger partial charge in [0.1, 0.15) is 6.10 Å². The molecule has 4 heteroatoms. The van der Waals surface area contributed by atoms with Crippen LogP contribution in [0, 0.1) is 23.2 Å². The highest BCUT2D eigenvalue weighted by Crippen LogP contribution is 2.54. The van der Waals surface area contributed by atoms with Crippen molar-refractivity contribution in [3.05, 3.63) is 24.3 Å². The molecule has 0 aromatic carbocycles. The van der Waals surface area contributed by atoms with Gasteiger partial charge in [-0.1, -0.05) is 56.2 Å². The summed E-state index contributed by atoms with van der Waals surface area (Å²) in [6.45, 7) is 6.10. The molecule has 20 heavy (non-hydrogen) atoms. The van der Waals surface area contributed by atoms with Gasteiger partial charge >= 0.3 is 0 Å². The van der Waals surface area contributed by atoms with E-state index in [0.717, 1.165) is 29.1 Å². The molecule has 0 saturated heterocycles. The van der Waals surface area contributed by atoms with Crippen molar-refractivity contribution < 1.29 is 9.53 Å². The Morgan fingerprint density at radius 1 is 1.55 bits per heavy atom. The first-order valence-corrected chi connectivity index (χ1v) is 9.26. The molecule has 5 unspecified atom stereocenters. The van der Waals surface area contributed by atoms with Gasteiger partial charge < -0.3 is 4.74 Å². The number of hydrogen-bond acceptors (Lipinski definition) is 2. The van der Waals surface area contributed by atoms with E-state index in [1.807, 2.05) is 6.92 Å². The summed E-state index contributed by atoms with van der Waals surface area (Å²) < 4.78 is 5.51. The number of Topliss-reactive ketones (excluding diaryl/α,β-unsaturated/α-hetero) is 1. The molecule has 0 aromatic heterocycles. The van der Waals surface area contributed by atoms with Crippen LogP contribution in [0.2, 0.25) is 0 Å². The fourth-order valence-electron chi connectivity index (χ4n) is 3.80. The maximum absolute atomic E-state index is 12.9. The Morgan fingerprint density at radius 2 is 2.25 bits per heavy atom. The van der Waals surface area contributed by atoms with Gasteiger partial charge in [-0.2, -0.15) is 0 Å². The van der Waals surface area contributed by atoms with Crippen LogP contribution in [-0.4, -0.2) is 29.7 Å². The fourth-order valence-corrected chi connectivity index (χ4v) is 5.74. The third kappa shape index (κ3) is 2.48. The van der Waals surface area contributed by atoms with Gasteiger partial charge in [0.05, 0.1) is 0 Å². The summed E-state index contributed by atoms with van der Waals surface area (Å²) in [5.74, 6) is 0.765. The molecule has 1 saturated carbocycles. The zero-order valence-electron chi connectivity index (χ0n) is 12.1. The minimum atomic E-state index is -0.344. The van der Waals surface area contributed by atoms with Crippen molar-refractivity contribution in [3.63, 3.8) is 0 Å². The van der Waals surface area contributed by atoms with Gasteiger partial charge in [-0.15, -0.1) is 0 Å². The second-order valence-corrected chi connectivity index (χ2v) is 7.28. The van der Waals surface area contributed by atoms with Gasteiger partial charge in [0.2, 0.25) is 0 Å². The van der Waals surface area contributed by atoms with Gasteiger partial charge in [-0.05, 0) is 31.1 Å². The normalized spacial score (nSPS) is 40.5. The Balaban J connectivity index is 2.46. The molecular weight excluding hydrogens is 384 g/mol. The molecule has 2 aliphatic carbocycles. The molecular formula is C16H22Br2O2. The van der Waals surface area contributed by atoms with Crippen LogP contribution in [0.25, 0.3) is 0 Å². The molecule has 0 radical (unpaired) electrons. The Hall–Kier alpha value is 0.0700. The van der Waals surface area contributed by atoms with E-state index in [2.05, 4.69) is 50.6 Å². The maximum Gasteiger partial charge on any atom is 0.169 e. The van der Waals surface area contributed by atoms with E-state index in [-0.39, 0.29) is 29.1 Å². The molecule has 0 bridgehead atoms. The summed E-state index contributed by atoms with van der Waals surface area (Å²) in [7, 11) is 1.63.